The van der Waals surface area contributed by atoms with Crippen molar-refractivity contribution in [3.63, 3.8) is 0 Å². The van der Waals surface area contributed by atoms with Crippen LogP contribution in [0.4, 0.5) is 11.5 Å². The summed E-state index contributed by atoms with van der Waals surface area (Å²) < 4.78 is 25.1. The molecule has 0 aliphatic carbocycles. The fourth-order valence-electron chi connectivity index (χ4n) is 3.76. The molecule has 0 radical (unpaired) electrons. The highest BCUT2D eigenvalue weighted by atomic mass is 35.5. The molecule has 1 aliphatic rings. The van der Waals surface area contributed by atoms with Gasteiger partial charge in [0, 0.05) is 19.2 Å². The van der Waals surface area contributed by atoms with E-state index in [0.717, 1.165) is 16.1 Å². The Kier molecular flexibility index (Phi) is 10.2. The molecule has 36 heavy (non-hydrogen) atoms. The summed E-state index contributed by atoms with van der Waals surface area (Å²) in [5, 5.41) is 1.08. The van der Waals surface area contributed by atoms with Crippen LogP contribution in [0.5, 0.6) is 0 Å². The summed E-state index contributed by atoms with van der Waals surface area (Å²) in [6.07, 6.45) is 4.27. The molecule has 3 N–H and O–H groups in total. The van der Waals surface area contributed by atoms with Gasteiger partial charge in [-0.3, -0.25) is 14.6 Å². The number of anilines is 2. The number of amides is 2. The van der Waals surface area contributed by atoms with E-state index in [4.69, 9.17) is 5.73 Å². The quantitative estimate of drug-likeness (QED) is 0.477. The first-order valence-electron chi connectivity index (χ1n) is 11.3. The molecule has 2 aromatic rings. The van der Waals surface area contributed by atoms with Gasteiger partial charge >= 0.3 is 0 Å². The molecule has 194 valence electrons. The van der Waals surface area contributed by atoms with Gasteiger partial charge in [0.05, 0.1) is 23.6 Å². The smallest absolute Gasteiger partial charge is 0.265 e. The maximum absolute atomic E-state index is 13.1. The van der Waals surface area contributed by atoms with Crippen LogP contribution in [0.1, 0.15) is 31.0 Å². The van der Waals surface area contributed by atoms with E-state index in [1.807, 2.05) is 30.3 Å². The standard InChI is InChI=1S/C25H31N5O4S.ClH/c1-18-14-15-30(28-35(33,34)16-8-7-11-20-9-5-4-6-10-20)25(32)21(18)17-24(31)29(3)22-12-13-23(26)27-19(22)2;/h4-10,12-13,28H,11,14-17H2,1-3H3,(H2,26,27);1H. The van der Waals surface area contributed by atoms with Gasteiger partial charge in [-0.15, -0.1) is 17.2 Å². The van der Waals surface area contributed by atoms with E-state index < -0.39 is 15.9 Å². The molecule has 0 saturated heterocycles. The zero-order valence-corrected chi connectivity index (χ0v) is 22.2. The number of benzene rings is 1. The molecule has 0 spiro atoms. The van der Waals surface area contributed by atoms with E-state index in [0.29, 0.717) is 30.0 Å². The highest BCUT2D eigenvalue weighted by molar-refractivity contribution is 7.89. The van der Waals surface area contributed by atoms with Gasteiger partial charge < -0.3 is 10.6 Å². The monoisotopic (exact) mass is 533 g/mol. The third kappa shape index (κ3) is 7.64. The van der Waals surface area contributed by atoms with Crippen molar-refractivity contribution >= 4 is 45.7 Å². The second-order valence-corrected chi connectivity index (χ2v) is 10.2. The van der Waals surface area contributed by atoms with Crippen LogP contribution in [-0.4, -0.2) is 49.6 Å². The van der Waals surface area contributed by atoms with Crippen molar-refractivity contribution in [2.75, 3.05) is 30.0 Å². The van der Waals surface area contributed by atoms with Crippen molar-refractivity contribution in [1.82, 2.24) is 14.8 Å². The van der Waals surface area contributed by atoms with E-state index in [9.17, 15) is 18.0 Å². The van der Waals surface area contributed by atoms with Crippen LogP contribution >= 0.6 is 12.4 Å². The lowest BCUT2D eigenvalue weighted by atomic mass is 9.98. The Morgan fingerprint density at radius 3 is 2.53 bits per heavy atom. The third-order valence-corrected chi connectivity index (χ3v) is 6.93. The number of nitrogen functional groups attached to an aromatic ring is 1. The average Bonchev–Trinajstić information content (AvgIpc) is 2.81. The number of aryl methyl sites for hydroxylation is 1. The molecule has 2 amide bonds. The molecule has 0 saturated carbocycles. The Morgan fingerprint density at radius 2 is 1.86 bits per heavy atom. The molecule has 2 heterocycles. The summed E-state index contributed by atoms with van der Waals surface area (Å²) in [6, 6.07) is 13.0. The highest BCUT2D eigenvalue weighted by Crippen LogP contribution is 2.24. The number of aromatic nitrogens is 1. The lowest BCUT2D eigenvalue weighted by Gasteiger charge is -2.30. The van der Waals surface area contributed by atoms with Gasteiger partial charge in [0.15, 0.2) is 0 Å². The van der Waals surface area contributed by atoms with E-state index in [1.54, 1.807) is 45.2 Å². The minimum absolute atomic E-state index is 0. The predicted octanol–water partition coefficient (Wildman–Crippen LogP) is 2.93. The molecule has 0 atom stereocenters. The fourth-order valence-corrected chi connectivity index (χ4v) is 4.73. The number of carbonyl (C=O) groups excluding carboxylic acids is 2. The molecule has 0 unspecified atom stereocenters. The number of halogens is 1. The van der Waals surface area contributed by atoms with Gasteiger partial charge in [-0.05, 0) is 44.4 Å². The number of rotatable bonds is 9. The summed E-state index contributed by atoms with van der Waals surface area (Å²) in [7, 11) is -2.17. The first kappa shape index (κ1) is 29.0. The SMILES string of the molecule is CC1=C(CC(=O)N(C)c2ccc(N)nc2C)C(=O)N(NS(=O)(=O)CC=CCc2ccccc2)CC1.Cl. The van der Waals surface area contributed by atoms with Crippen molar-refractivity contribution in [3.05, 3.63) is 77.0 Å². The van der Waals surface area contributed by atoms with Crippen LogP contribution in [-0.2, 0) is 26.0 Å². The molecule has 1 aromatic heterocycles. The Labute approximate surface area is 218 Å². The number of nitrogens with one attached hydrogen (secondary N) is 1. The van der Waals surface area contributed by atoms with Crippen LogP contribution in [0.15, 0.2) is 65.8 Å². The van der Waals surface area contributed by atoms with Crippen molar-refractivity contribution in [2.45, 2.75) is 33.1 Å². The van der Waals surface area contributed by atoms with Gasteiger partial charge in [0.1, 0.15) is 5.82 Å². The summed E-state index contributed by atoms with van der Waals surface area (Å²) in [4.78, 5) is 34.0. The molecular formula is C25H32ClN5O4S. The number of carbonyl (C=O) groups is 2. The number of sulfonamides is 1. The van der Waals surface area contributed by atoms with Crippen LogP contribution in [0.3, 0.4) is 0 Å². The second-order valence-electron chi connectivity index (χ2n) is 8.47. The Hall–Kier alpha value is -3.21. The van der Waals surface area contributed by atoms with E-state index >= 15 is 0 Å². The number of hydrogen-bond acceptors (Lipinski definition) is 6. The molecule has 9 nitrogen and oxygen atoms in total. The molecular weight excluding hydrogens is 502 g/mol. The van der Waals surface area contributed by atoms with Gasteiger partial charge in [0.2, 0.25) is 15.9 Å². The third-order valence-electron chi connectivity index (χ3n) is 5.80. The molecule has 1 aromatic carbocycles. The zero-order chi connectivity index (χ0) is 25.6. The number of pyridine rings is 1. The van der Waals surface area contributed by atoms with Gasteiger partial charge in [-0.2, -0.15) is 0 Å². The first-order chi connectivity index (χ1) is 16.6. The van der Waals surface area contributed by atoms with Crippen molar-refractivity contribution in [2.24, 2.45) is 0 Å². The van der Waals surface area contributed by atoms with E-state index in [2.05, 4.69) is 9.82 Å². The Morgan fingerprint density at radius 1 is 1.17 bits per heavy atom. The number of nitrogens with two attached hydrogens (primary N) is 1. The van der Waals surface area contributed by atoms with Gasteiger partial charge in [-0.25, -0.2) is 13.4 Å². The molecule has 11 heteroatoms. The minimum Gasteiger partial charge on any atom is -0.384 e. The van der Waals surface area contributed by atoms with Gasteiger partial charge in [-0.1, -0.05) is 48.1 Å². The largest absolute Gasteiger partial charge is 0.384 e. The topological polar surface area (TPSA) is 126 Å². The van der Waals surface area contributed by atoms with Crippen LogP contribution in [0.2, 0.25) is 0 Å². The maximum Gasteiger partial charge on any atom is 0.265 e. The molecule has 1 aliphatic heterocycles. The number of hydrogen-bond donors (Lipinski definition) is 2. The lowest BCUT2D eigenvalue weighted by Crippen LogP contribution is -2.50. The molecule has 0 fully saturated rings. The van der Waals surface area contributed by atoms with Gasteiger partial charge in [0.25, 0.3) is 5.91 Å². The maximum atomic E-state index is 13.1. The number of hydrazine groups is 1. The fraction of sp³-hybridized carbons (Fsp3) is 0.320. The summed E-state index contributed by atoms with van der Waals surface area (Å²) >= 11 is 0. The first-order valence-corrected chi connectivity index (χ1v) is 12.9. The van der Waals surface area contributed by atoms with E-state index in [-0.39, 0.29) is 42.6 Å². The van der Waals surface area contributed by atoms with Crippen molar-refractivity contribution < 1.29 is 18.0 Å². The highest BCUT2D eigenvalue weighted by Gasteiger charge is 2.30. The molecule has 3 rings (SSSR count). The van der Waals surface area contributed by atoms with Crippen LogP contribution < -0.4 is 15.5 Å². The summed E-state index contributed by atoms with van der Waals surface area (Å²) in [5.41, 5.74) is 9.00. The molecule has 0 bridgehead atoms. The lowest BCUT2D eigenvalue weighted by molar-refractivity contribution is -0.130. The van der Waals surface area contributed by atoms with Crippen molar-refractivity contribution in [1.29, 1.82) is 0 Å². The normalized spacial score (nSPS) is 14.2. The van der Waals surface area contributed by atoms with Crippen LogP contribution in [0, 0.1) is 6.92 Å². The second kappa shape index (κ2) is 12.7. The summed E-state index contributed by atoms with van der Waals surface area (Å²) in [6.45, 7) is 3.73. The minimum atomic E-state index is -3.78. The number of allylic oxidation sites excluding steroid dienone is 1. The Bertz CT molecular complexity index is 1260. The summed E-state index contributed by atoms with van der Waals surface area (Å²) in [5.74, 6) is -0.728. The zero-order valence-electron chi connectivity index (χ0n) is 20.6. The van der Waals surface area contributed by atoms with E-state index in [1.165, 1.54) is 4.90 Å². The number of nitrogens with zero attached hydrogens (tertiary/aromatic N) is 3. The van der Waals surface area contributed by atoms with Crippen molar-refractivity contribution in [3.8, 4) is 0 Å². The average molecular weight is 534 g/mol. The van der Waals surface area contributed by atoms with Crippen LogP contribution in [0.25, 0.3) is 0 Å². The predicted molar refractivity (Wildman–Crippen MR) is 144 cm³/mol. The Balaban J connectivity index is 0.00000456.